The van der Waals surface area contributed by atoms with Crippen molar-refractivity contribution < 1.29 is 4.79 Å². The first-order valence-corrected chi connectivity index (χ1v) is 5.53. The van der Waals surface area contributed by atoms with Crippen molar-refractivity contribution in [2.75, 3.05) is 7.05 Å². The molecule has 0 N–H and O–H groups in total. The number of carbonyl (C=O) groups is 1. The third-order valence-electron chi connectivity index (χ3n) is 3.38. The molecule has 2 aliphatic rings. The topological polar surface area (TPSA) is 20.3 Å². The normalized spacial score (nSPS) is 21.6. The monoisotopic (exact) mass is 251 g/mol. The first-order chi connectivity index (χ1) is 6.67. The Balaban J connectivity index is 2.32. The molecule has 3 heteroatoms. The van der Waals surface area contributed by atoms with Gasteiger partial charge in [-0.25, -0.2) is 0 Å². The lowest BCUT2D eigenvalue weighted by atomic mass is 10.0. The Labute approximate surface area is 91.0 Å². The maximum absolute atomic E-state index is 11.9. The highest BCUT2D eigenvalue weighted by Crippen LogP contribution is 2.57. The zero-order valence-electron chi connectivity index (χ0n) is 7.88. The summed E-state index contributed by atoms with van der Waals surface area (Å²) in [5, 5.41) is 0. The maximum Gasteiger partial charge on any atom is 0.254 e. The number of amides is 1. The van der Waals surface area contributed by atoms with Crippen molar-refractivity contribution >= 4 is 21.8 Å². The number of halogens is 1. The summed E-state index contributed by atoms with van der Waals surface area (Å²) in [6, 6.07) is 5.87. The highest BCUT2D eigenvalue weighted by atomic mass is 79.9. The Morgan fingerprint density at radius 1 is 1.43 bits per heavy atom. The van der Waals surface area contributed by atoms with E-state index in [1.54, 1.807) is 0 Å². The van der Waals surface area contributed by atoms with Gasteiger partial charge in [-0.05, 0) is 25.0 Å². The Morgan fingerprint density at radius 2 is 2.14 bits per heavy atom. The molecule has 3 rings (SSSR count). The number of rotatable bonds is 0. The molecule has 1 aromatic carbocycles. The lowest BCUT2D eigenvalue weighted by Gasteiger charge is -2.19. The van der Waals surface area contributed by atoms with Gasteiger partial charge >= 0.3 is 0 Å². The van der Waals surface area contributed by atoms with Gasteiger partial charge in [0.2, 0.25) is 0 Å². The molecule has 1 heterocycles. The van der Waals surface area contributed by atoms with E-state index < -0.39 is 0 Å². The summed E-state index contributed by atoms with van der Waals surface area (Å²) in [5.41, 5.74) is 2.11. The number of carbonyl (C=O) groups excluding carboxylic acids is 1. The fourth-order valence-corrected chi connectivity index (χ4v) is 3.16. The highest BCUT2D eigenvalue weighted by Gasteiger charge is 2.57. The molecule has 1 aliphatic carbocycles. The van der Waals surface area contributed by atoms with Crippen LogP contribution in [0.25, 0.3) is 0 Å². The summed E-state index contributed by atoms with van der Waals surface area (Å²) in [5.74, 6) is 0.166. The zero-order chi connectivity index (χ0) is 9.92. The molecular formula is C11H10BrNO. The smallest absolute Gasteiger partial charge is 0.254 e. The standard InChI is InChI=1S/C11H10BrNO/c1-13-10(14)7-3-2-4-8(12)9(7)11(13)5-6-11/h2-4H,5-6H2,1H3. The minimum Gasteiger partial charge on any atom is -0.332 e. The Bertz CT molecular complexity index is 437. The Morgan fingerprint density at radius 3 is 2.79 bits per heavy atom. The van der Waals surface area contributed by atoms with Crippen LogP contribution in [0.1, 0.15) is 28.8 Å². The molecule has 0 bridgehead atoms. The minimum absolute atomic E-state index is 0.0342. The van der Waals surface area contributed by atoms with Gasteiger partial charge in [-0.3, -0.25) is 4.79 Å². The maximum atomic E-state index is 11.9. The van der Waals surface area contributed by atoms with Crippen LogP contribution in [0.4, 0.5) is 0 Å². The van der Waals surface area contributed by atoms with Gasteiger partial charge in [0, 0.05) is 22.6 Å². The predicted molar refractivity (Wildman–Crippen MR) is 57.1 cm³/mol. The lowest BCUT2D eigenvalue weighted by molar-refractivity contribution is 0.0755. The van der Waals surface area contributed by atoms with Crippen molar-refractivity contribution in [3.63, 3.8) is 0 Å². The van der Waals surface area contributed by atoms with E-state index in [4.69, 9.17) is 0 Å². The molecule has 1 saturated carbocycles. The van der Waals surface area contributed by atoms with Gasteiger partial charge in [-0.15, -0.1) is 0 Å². The number of benzene rings is 1. The van der Waals surface area contributed by atoms with Gasteiger partial charge in [0.25, 0.3) is 5.91 Å². The van der Waals surface area contributed by atoms with Crippen LogP contribution in [0.2, 0.25) is 0 Å². The largest absolute Gasteiger partial charge is 0.332 e. The van der Waals surface area contributed by atoms with E-state index in [1.165, 1.54) is 5.56 Å². The highest BCUT2D eigenvalue weighted by molar-refractivity contribution is 9.10. The third kappa shape index (κ3) is 0.793. The molecule has 1 fully saturated rings. The number of nitrogens with zero attached hydrogens (tertiary/aromatic N) is 1. The van der Waals surface area contributed by atoms with E-state index in [2.05, 4.69) is 15.9 Å². The van der Waals surface area contributed by atoms with E-state index in [-0.39, 0.29) is 11.4 Å². The molecule has 1 aliphatic heterocycles. The molecule has 1 aromatic rings. The van der Waals surface area contributed by atoms with Crippen LogP contribution >= 0.6 is 15.9 Å². The molecular weight excluding hydrogens is 242 g/mol. The fourth-order valence-electron chi connectivity index (χ4n) is 2.42. The van der Waals surface area contributed by atoms with Crippen molar-refractivity contribution in [3.05, 3.63) is 33.8 Å². The SMILES string of the molecule is CN1C(=O)c2cccc(Br)c2C12CC2. The lowest BCUT2D eigenvalue weighted by Crippen LogP contribution is -2.28. The second-order valence-electron chi connectivity index (χ2n) is 4.06. The second kappa shape index (κ2) is 2.40. The molecule has 0 radical (unpaired) electrons. The molecule has 0 unspecified atom stereocenters. The average Bonchev–Trinajstić information content (AvgIpc) is 2.92. The third-order valence-corrected chi connectivity index (χ3v) is 4.04. The summed E-state index contributed by atoms with van der Waals surface area (Å²) in [4.78, 5) is 13.8. The average molecular weight is 252 g/mol. The van der Waals surface area contributed by atoms with E-state index in [0.29, 0.717) is 0 Å². The van der Waals surface area contributed by atoms with Crippen molar-refractivity contribution in [3.8, 4) is 0 Å². The summed E-state index contributed by atoms with van der Waals surface area (Å²) in [6.45, 7) is 0. The first-order valence-electron chi connectivity index (χ1n) is 4.74. The van der Waals surface area contributed by atoms with Gasteiger partial charge < -0.3 is 4.90 Å². The van der Waals surface area contributed by atoms with Crippen molar-refractivity contribution in [2.24, 2.45) is 0 Å². The van der Waals surface area contributed by atoms with Crippen LogP contribution in [0.3, 0.4) is 0 Å². The van der Waals surface area contributed by atoms with Gasteiger partial charge in [-0.2, -0.15) is 0 Å². The minimum atomic E-state index is 0.0342. The van der Waals surface area contributed by atoms with E-state index in [1.807, 2.05) is 30.1 Å². The summed E-state index contributed by atoms with van der Waals surface area (Å²) in [6.07, 6.45) is 2.20. The molecule has 0 atom stereocenters. The predicted octanol–water partition coefficient (Wildman–Crippen LogP) is 2.52. The summed E-state index contributed by atoms with van der Waals surface area (Å²) >= 11 is 3.54. The quantitative estimate of drug-likeness (QED) is 0.694. The molecule has 0 saturated heterocycles. The van der Waals surface area contributed by atoms with E-state index in [9.17, 15) is 4.79 Å². The molecule has 0 aromatic heterocycles. The van der Waals surface area contributed by atoms with Gasteiger partial charge in [0.15, 0.2) is 0 Å². The summed E-state index contributed by atoms with van der Waals surface area (Å²) in [7, 11) is 1.90. The Kier molecular flexibility index (Phi) is 1.45. The fraction of sp³-hybridized carbons (Fsp3) is 0.364. The van der Waals surface area contributed by atoms with Crippen LogP contribution in [0.15, 0.2) is 22.7 Å². The summed E-state index contributed by atoms with van der Waals surface area (Å²) < 4.78 is 1.07. The van der Waals surface area contributed by atoms with Crippen molar-refractivity contribution in [2.45, 2.75) is 18.4 Å². The van der Waals surface area contributed by atoms with E-state index >= 15 is 0 Å². The van der Waals surface area contributed by atoms with Crippen LogP contribution < -0.4 is 0 Å². The Hall–Kier alpha value is -0.830. The van der Waals surface area contributed by atoms with Gasteiger partial charge in [-0.1, -0.05) is 22.0 Å². The number of hydrogen-bond acceptors (Lipinski definition) is 1. The second-order valence-corrected chi connectivity index (χ2v) is 4.91. The van der Waals surface area contributed by atoms with Gasteiger partial charge in [0.05, 0.1) is 5.54 Å². The van der Waals surface area contributed by atoms with Crippen LogP contribution in [-0.2, 0) is 5.54 Å². The van der Waals surface area contributed by atoms with E-state index in [0.717, 1.165) is 22.9 Å². The molecule has 2 nitrogen and oxygen atoms in total. The number of fused-ring (bicyclic) bond motifs is 2. The zero-order valence-corrected chi connectivity index (χ0v) is 9.47. The molecule has 1 amide bonds. The van der Waals surface area contributed by atoms with Crippen LogP contribution in [0, 0.1) is 0 Å². The molecule has 14 heavy (non-hydrogen) atoms. The van der Waals surface area contributed by atoms with Crippen LogP contribution in [-0.4, -0.2) is 17.9 Å². The molecule has 72 valence electrons. The molecule has 1 spiro atoms. The first kappa shape index (κ1) is 8.48. The van der Waals surface area contributed by atoms with Crippen molar-refractivity contribution in [1.29, 1.82) is 0 Å². The number of hydrogen-bond donors (Lipinski definition) is 0. The van der Waals surface area contributed by atoms with Gasteiger partial charge in [0.1, 0.15) is 0 Å². The van der Waals surface area contributed by atoms with Crippen LogP contribution in [0.5, 0.6) is 0 Å². The van der Waals surface area contributed by atoms with Crippen molar-refractivity contribution in [1.82, 2.24) is 4.90 Å².